The molecule has 7 heteroatoms. The van der Waals surface area contributed by atoms with Crippen molar-refractivity contribution in [2.24, 2.45) is 0 Å². The molecule has 26 heavy (non-hydrogen) atoms. The lowest BCUT2D eigenvalue weighted by Gasteiger charge is -2.19. The number of anilines is 1. The zero-order valence-electron chi connectivity index (χ0n) is 14.4. The van der Waals surface area contributed by atoms with Gasteiger partial charge in [-0.3, -0.25) is 4.79 Å². The van der Waals surface area contributed by atoms with Crippen LogP contribution in [0.15, 0.2) is 54.6 Å². The average Bonchev–Trinajstić information content (AvgIpc) is 2.63. The molecule has 0 radical (unpaired) electrons. The van der Waals surface area contributed by atoms with E-state index in [0.29, 0.717) is 6.54 Å². The largest absolute Gasteiger partial charge is 0.484 e. The molecule has 0 spiro atoms. The molecule has 2 aromatic rings. The number of nitrogens with zero attached hydrogens (tertiary/aromatic N) is 1. The van der Waals surface area contributed by atoms with E-state index in [1.807, 2.05) is 37.4 Å². The number of carbonyl (C=O) groups excluding carboxylic acids is 1. The number of nitrogens with one attached hydrogen (secondary N) is 1. The Balaban J connectivity index is 1.65. The summed E-state index contributed by atoms with van der Waals surface area (Å²) in [4.78, 5) is 13.8. The first-order valence-electron chi connectivity index (χ1n) is 8.19. The second kappa shape index (κ2) is 9.12. The monoisotopic (exact) mass is 366 g/mol. The van der Waals surface area contributed by atoms with Gasteiger partial charge in [0.2, 0.25) is 0 Å². The van der Waals surface area contributed by atoms with Crippen molar-refractivity contribution >= 4 is 11.6 Å². The van der Waals surface area contributed by atoms with E-state index in [1.165, 1.54) is 12.1 Å². The number of hydrogen-bond acceptors (Lipinski definition) is 3. The highest BCUT2D eigenvalue weighted by Crippen LogP contribution is 2.30. The maximum Gasteiger partial charge on any atom is 0.416 e. The summed E-state index contributed by atoms with van der Waals surface area (Å²) in [6, 6.07) is 14.1. The highest BCUT2D eigenvalue weighted by molar-refractivity contribution is 5.77. The van der Waals surface area contributed by atoms with Gasteiger partial charge in [-0.2, -0.15) is 13.2 Å². The van der Waals surface area contributed by atoms with Crippen LogP contribution in [0.1, 0.15) is 12.0 Å². The van der Waals surface area contributed by atoms with E-state index in [0.717, 1.165) is 30.8 Å². The molecule has 1 amide bonds. The van der Waals surface area contributed by atoms with Crippen molar-refractivity contribution in [2.45, 2.75) is 12.6 Å². The predicted molar refractivity (Wildman–Crippen MR) is 94.3 cm³/mol. The van der Waals surface area contributed by atoms with Crippen LogP contribution < -0.4 is 15.0 Å². The fourth-order valence-corrected chi connectivity index (χ4v) is 2.30. The number of alkyl halides is 3. The van der Waals surface area contributed by atoms with Gasteiger partial charge in [-0.1, -0.05) is 18.2 Å². The Labute approximate surface area is 150 Å². The number of halogens is 3. The Kier molecular flexibility index (Phi) is 6.89. The summed E-state index contributed by atoms with van der Waals surface area (Å²) in [6.07, 6.45) is -3.62. The summed E-state index contributed by atoms with van der Waals surface area (Å²) < 4.78 is 42.6. The normalized spacial score (nSPS) is 11.1. The van der Waals surface area contributed by atoms with Gasteiger partial charge >= 0.3 is 6.18 Å². The van der Waals surface area contributed by atoms with Crippen LogP contribution in [0.3, 0.4) is 0 Å². The highest BCUT2D eigenvalue weighted by atomic mass is 19.4. The molecule has 0 aromatic heterocycles. The number of rotatable bonds is 8. The minimum Gasteiger partial charge on any atom is -0.484 e. The minimum atomic E-state index is -4.39. The molecule has 0 aliphatic rings. The standard InChI is InChI=1S/C19H21F3N2O2/c1-24(16-6-3-2-4-7-16)13-5-12-23-18(25)14-26-17-10-8-15(9-11-17)19(20,21)22/h2-4,6-11H,5,12-14H2,1H3,(H,23,25). The third kappa shape index (κ3) is 6.31. The smallest absolute Gasteiger partial charge is 0.416 e. The van der Waals surface area contributed by atoms with Gasteiger partial charge in [-0.05, 0) is 42.8 Å². The number of ether oxygens (including phenoxy) is 1. The molecule has 0 bridgehead atoms. The minimum absolute atomic E-state index is 0.219. The van der Waals surface area contributed by atoms with Crippen LogP contribution in [0.25, 0.3) is 0 Å². The summed E-state index contributed by atoms with van der Waals surface area (Å²) in [6.45, 7) is 1.04. The van der Waals surface area contributed by atoms with Crippen molar-refractivity contribution in [3.8, 4) is 5.75 Å². The van der Waals surface area contributed by atoms with E-state index >= 15 is 0 Å². The fourth-order valence-electron chi connectivity index (χ4n) is 2.30. The maximum absolute atomic E-state index is 12.5. The third-order valence-electron chi connectivity index (χ3n) is 3.74. The fraction of sp³-hybridized carbons (Fsp3) is 0.316. The van der Waals surface area contributed by atoms with E-state index in [-0.39, 0.29) is 18.3 Å². The van der Waals surface area contributed by atoms with Crippen LogP contribution in [0, 0.1) is 0 Å². The van der Waals surface area contributed by atoms with Crippen molar-refractivity contribution in [1.29, 1.82) is 0 Å². The molecule has 0 unspecified atom stereocenters. The second-order valence-corrected chi connectivity index (χ2v) is 5.77. The lowest BCUT2D eigenvalue weighted by atomic mass is 10.2. The Morgan fingerprint density at radius 2 is 1.73 bits per heavy atom. The van der Waals surface area contributed by atoms with Crippen molar-refractivity contribution in [3.05, 3.63) is 60.2 Å². The summed E-state index contributed by atoms with van der Waals surface area (Å²) in [5.41, 5.74) is 0.348. The molecule has 0 fully saturated rings. The Bertz CT molecular complexity index is 688. The van der Waals surface area contributed by atoms with E-state index in [1.54, 1.807) is 0 Å². The molecular weight excluding hydrogens is 345 g/mol. The molecule has 0 saturated heterocycles. The number of hydrogen-bond donors (Lipinski definition) is 1. The van der Waals surface area contributed by atoms with Crippen LogP contribution in [0.2, 0.25) is 0 Å². The summed E-state index contributed by atoms with van der Waals surface area (Å²) in [7, 11) is 1.98. The quantitative estimate of drug-likeness (QED) is 0.724. The summed E-state index contributed by atoms with van der Waals surface area (Å²) >= 11 is 0. The van der Waals surface area contributed by atoms with Gasteiger partial charge < -0.3 is 15.0 Å². The first kappa shape index (κ1) is 19.6. The second-order valence-electron chi connectivity index (χ2n) is 5.77. The zero-order valence-corrected chi connectivity index (χ0v) is 14.4. The molecule has 0 aliphatic carbocycles. The maximum atomic E-state index is 12.5. The molecular formula is C19H21F3N2O2. The zero-order chi connectivity index (χ0) is 19.0. The molecule has 1 N–H and O–H groups in total. The van der Waals surface area contributed by atoms with Crippen LogP contribution in [-0.4, -0.2) is 32.7 Å². The number of benzene rings is 2. The van der Waals surface area contributed by atoms with Gasteiger partial charge in [0.25, 0.3) is 5.91 Å². The van der Waals surface area contributed by atoms with Crippen molar-refractivity contribution < 1.29 is 22.7 Å². The van der Waals surface area contributed by atoms with Crippen molar-refractivity contribution in [2.75, 3.05) is 31.6 Å². The van der Waals surface area contributed by atoms with Crippen LogP contribution in [-0.2, 0) is 11.0 Å². The number of carbonyl (C=O) groups is 1. The first-order valence-corrected chi connectivity index (χ1v) is 8.19. The molecule has 0 heterocycles. The number of amides is 1. The lowest BCUT2D eigenvalue weighted by molar-refractivity contribution is -0.137. The van der Waals surface area contributed by atoms with Crippen LogP contribution in [0.5, 0.6) is 5.75 Å². The molecule has 0 saturated carbocycles. The highest BCUT2D eigenvalue weighted by Gasteiger charge is 2.30. The topological polar surface area (TPSA) is 41.6 Å². The summed E-state index contributed by atoms with van der Waals surface area (Å²) in [5.74, 6) is -0.0933. The Morgan fingerprint density at radius 3 is 2.35 bits per heavy atom. The van der Waals surface area contributed by atoms with Crippen molar-refractivity contribution in [3.63, 3.8) is 0 Å². The van der Waals surface area contributed by atoms with Gasteiger partial charge in [-0.25, -0.2) is 0 Å². The molecule has 4 nitrogen and oxygen atoms in total. The van der Waals surface area contributed by atoms with Crippen molar-refractivity contribution in [1.82, 2.24) is 5.32 Å². The molecule has 140 valence electrons. The van der Waals surface area contributed by atoms with Gasteiger partial charge in [0.05, 0.1) is 5.56 Å². The molecule has 2 rings (SSSR count). The van der Waals surface area contributed by atoms with Crippen LogP contribution >= 0.6 is 0 Å². The Hall–Kier alpha value is -2.70. The van der Waals surface area contributed by atoms with E-state index < -0.39 is 11.7 Å². The van der Waals surface area contributed by atoms with E-state index in [2.05, 4.69) is 10.2 Å². The van der Waals surface area contributed by atoms with Gasteiger partial charge in [0.1, 0.15) is 5.75 Å². The molecule has 0 atom stereocenters. The Morgan fingerprint density at radius 1 is 1.08 bits per heavy atom. The third-order valence-corrected chi connectivity index (χ3v) is 3.74. The SMILES string of the molecule is CN(CCCNC(=O)COc1ccc(C(F)(F)F)cc1)c1ccccc1. The lowest BCUT2D eigenvalue weighted by Crippen LogP contribution is -2.31. The molecule has 2 aromatic carbocycles. The first-order chi connectivity index (χ1) is 12.4. The van der Waals surface area contributed by atoms with E-state index in [9.17, 15) is 18.0 Å². The average molecular weight is 366 g/mol. The van der Waals surface area contributed by atoms with E-state index in [4.69, 9.17) is 4.74 Å². The van der Waals surface area contributed by atoms with Gasteiger partial charge in [0.15, 0.2) is 6.61 Å². The van der Waals surface area contributed by atoms with Gasteiger partial charge in [-0.15, -0.1) is 0 Å². The molecule has 0 aliphatic heterocycles. The number of para-hydroxylation sites is 1. The predicted octanol–water partition coefficient (Wildman–Crippen LogP) is 3.73. The van der Waals surface area contributed by atoms with Gasteiger partial charge in [0, 0.05) is 25.8 Å². The summed E-state index contributed by atoms with van der Waals surface area (Å²) in [5, 5.41) is 2.72. The van der Waals surface area contributed by atoms with Crippen LogP contribution in [0.4, 0.5) is 18.9 Å².